The second-order valence-electron chi connectivity index (χ2n) is 5.18. The summed E-state index contributed by atoms with van der Waals surface area (Å²) in [6.45, 7) is 4.37. The number of hydrogen-bond donors (Lipinski definition) is 2. The first-order valence-electron chi connectivity index (χ1n) is 7.34. The van der Waals surface area contributed by atoms with E-state index in [1.54, 1.807) is 18.5 Å². The predicted octanol–water partition coefficient (Wildman–Crippen LogP) is 0.351. The average molecular weight is 301 g/mol. The van der Waals surface area contributed by atoms with Gasteiger partial charge in [-0.2, -0.15) is 10.1 Å². The van der Waals surface area contributed by atoms with E-state index in [1.807, 2.05) is 6.07 Å². The summed E-state index contributed by atoms with van der Waals surface area (Å²) in [5.41, 5.74) is 0.739. The van der Waals surface area contributed by atoms with Crippen molar-refractivity contribution in [2.75, 3.05) is 42.9 Å². The van der Waals surface area contributed by atoms with E-state index in [1.165, 1.54) is 6.33 Å². The van der Waals surface area contributed by atoms with Crippen LogP contribution in [0.4, 0.5) is 11.6 Å². The Kier molecular flexibility index (Phi) is 4.59. The molecule has 0 aromatic carbocycles. The van der Waals surface area contributed by atoms with Crippen molar-refractivity contribution in [2.24, 2.45) is 0 Å². The highest BCUT2D eigenvalue weighted by molar-refractivity contribution is 5.90. The Labute approximate surface area is 128 Å². The third kappa shape index (κ3) is 3.79. The molecule has 3 heterocycles. The van der Waals surface area contributed by atoms with E-state index in [9.17, 15) is 4.79 Å². The number of pyridine rings is 1. The lowest BCUT2D eigenvalue weighted by Gasteiger charge is -2.34. The number of anilines is 2. The molecule has 1 fully saturated rings. The number of rotatable bonds is 5. The number of H-pyrrole nitrogens is 1. The van der Waals surface area contributed by atoms with Gasteiger partial charge in [0.2, 0.25) is 11.9 Å². The van der Waals surface area contributed by atoms with Gasteiger partial charge in [0.05, 0.1) is 11.9 Å². The van der Waals surface area contributed by atoms with Gasteiger partial charge in [-0.15, -0.1) is 0 Å². The summed E-state index contributed by atoms with van der Waals surface area (Å²) >= 11 is 0. The molecule has 1 saturated heterocycles. The third-order valence-corrected chi connectivity index (χ3v) is 3.67. The van der Waals surface area contributed by atoms with Crippen LogP contribution >= 0.6 is 0 Å². The van der Waals surface area contributed by atoms with Gasteiger partial charge in [0.25, 0.3) is 0 Å². The van der Waals surface area contributed by atoms with Gasteiger partial charge in [0.15, 0.2) is 0 Å². The molecule has 2 aromatic heterocycles. The van der Waals surface area contributed by atoms with Crippen LogP contribution in [0, 0.1) is 0 Å². The first-order chi connectivity index (χ1) is 10.8. The highest BCUT2D eigenvalue weighted by atomic mass is 16.1. The summed E-state index contributed by atoms with van der Waals surface area (Å²) in [6.07, 6.45) is 5.33. The van der Waals surface area contributed by atoms with Crippen molar-refractivity contribution in [1.82, 2.24) is 25.1 Å². The topological polar surface area (TPSA) is 90.0 Å². The number of carbonyl (C=O) groups is 1. The first-order valence-corrected chi connectivity index (χ1v) is 7.34. The summed E-state index contributed by atoms with van der Waals surface area (Å²) in [6, 6.07) is 3.64. The van der Waals surface area contributed by atoms with Crippen LogP contribution in [0.25, 0.3) is 0 Å². The number of nitrogens with zero attached hydrogens (tertiary/aromatic N) is 5. The number of hydrogen-bond acceptors (Lipinski definition) is 6. The minimum Gasteiger partial charge on any atom is -0.339 e. The molecule has 8 nitrogen and oxygen atoms in total. The van der Waals surface area contributed by atoms with E-state index in [-0.39, 0.29) is 5.91 Å². The molecule has 8 heteroatoms. The quantitative estimate of drug-likeness (QED) is 0.828. The molecule has 22 heavy (non-hydrogen) atoms. The van der Waals surface area contributed by atoms with Crippen LogP contribution in [0.15, 0.2) is 30.9 Å². The summed E-state index contributed by atoms with van der Waals surface area (Å²) in [4.78, 5) is 24.5. The van der Waals surface area contributed by atoms with Crippen molar-refractivity contribution in [2.45, 2.75) is 6.42 Å². The Morgan fingerprint density at radius 1 is 1.32 bits per heavy atom. The predicted molar refractivity (Wildman–Crippen MR) is 82.5 cm³/mol. The maximum Gasteiger partial charge on any atom is 0.225 e. The van der Waals surface area contributed by atoms with Crippen LogP contribution in [-0.4, -0.2) is 63.7 Å². The molecule has 0 unspecified atom stereocenters. The fourth-order valence-electron chi connectivity index (χ4n) is 2.45. The van der Waals surface area contributed by atoms with Gasteiger partial charge in [0, 0.05) is 45.3 Å². The van der Waals surface area contributed by atoms with Crippen molar-refractivity contribution >= 4 is 17.5 Å². The molecular weight excluding hydrogens is 282 g/mol. The molecule has 3 rings (SSSR count). The summed E-state index contributed by atoms with van der Waals surface area (Å²) in [5.74, 6) is 0.833. The lowest BCUT2D eigenvalue weighted by molar-refractivity contribution is -0.116. The molecule has 2 aromatic rings. The van der Waals surface area contributed by atoms with Gasteiger partial charge < -0.3 is 10.2 Å². The molecule has 0 saturated carbocycles. The van der Waals surface area contributed by atoms with Gasteiger partial charge in [-0.25, -0.2) is 5.10 Å². The second-order valence-corrected chi connectivity index (χ2v) is 5.18. The van der Waals surface area contributed by atoms with Crippen molar-refractivity contribution in [1.29, 1.82) is 0 Å². The van der Waals surface area contributed by atoms with Crippen LogP contribution in [0.2, 0.25) is 0 Å². The zero-order valence-electron chi connectivity index (χ0n) is 12.3. The lowest BCUT2D eigenvalue weighted by Crippen LogP contribution is -2.47. The molecular formula is C14H19N7O. The van der Waals surface area contributed by atoms with E-state index in [0.717, 1.165) is 44.4 Å². The van der Waals surface area contributed by atoms with Crippen molar-refractivity contribution < 1.29 is 4.79 Å². The fraction of sp³-hybridized carbons (Fsp3) is 0.429. The number of piperazine rings is 1. The molecule has 1 amide bonds. The number of aromatic nitrogens is 4. The maximum atomic E-state index is 11.9. The summed E-state index contributed by atoms with van der Waals surface area (Å²) in [5, 5.41) is 9.59. The minimum atomic E-state index is 0.0191. The van der Waals surface area contributed by atoms with Gasteiger partial charge in [0.1, 0.15) is 6.33 Å². The lowest BCUT2D eigenvalue weighted by atomic mass is 10.3. The van der Waals surface area contributed by atoms with Crippen LogP contribution < -0.4 is 10.2 Å². The molecule has 0 bridgehead atoms. The molecule has 0 radical (unpaired) electrons. The number of amides is 1. The SMILES string of the molecule is O=C(CCN1CCN(c2ncn[nH]2)CC1)Nc1cccnc1. The van der Waals surface area contributed by atoms with Crippen LogP contribution in [0.1, 0.15) is 6.42 Å². The van der Waals surface area contributed by atoms with Gasteiger partial charge in [-0.1, -0.05) is 0 Å². The number of nitrogens with one attached hydrogen (secondary N) is 2. The minimum absolute atomic E-state index is 0.0191. The van der Waals surface area contributed by atoms with Crippen LogP contribution in [0.3, 0.4) is 0 Å². The average Bonchev–Trinajstić information content (AvgIpc) is 3.09. The molecule has 0 aliphatic carbocycles. The molecule has 1 aliphatic rings. The Balaban J connectivity index is 1.39. The smallest absolute Gasteiger partial charge is 0.225 e. The standard InChI is InChI=1S/C14H19N7O/c22-13(18-12-2-1-4-15-10-12)3-5-20-6-8-21(9-7-20)14-16-11-17-19-14/h1-2,4,10-11H,3,5-9H2,(H,18,22)(H,16,17,19). The first kappa shape index (κ1) is 14.5. The summed E-state index contributed by atoms with van der Waals surface area (Å²) in [7, 11) is 0. The van der Waals surface area contributed by atoms with E-state index >= 15 is 0 Å². The number of carbonyl (C=O) groups excluding carboxylic acids is 1. The summed E-state index contributed by atoms with van der Waals surface area (Å²) < 4.78 is 0. The van der Waals surface area contributed by atoms with Crippen molar-refractivity contribution in [3.05, 3.63) is 30.9 Å². The molecule has 0 atom stereocenters. The largest absolute Gasteiger partial charge is 0.339 e. The van der Waals surface area contributed by atoms with E-state index in [0.29, 0.717) is 6.42 Å². The molecule has 0 spiro atoms. The highest BCUT2D eigenvalue weighted by Gasteiger charge is 2.19. The van der Waals surface area contributed by atoms with Crippen molar-refractivity contribution in [3.8, 4) is 0 Å². The van der Waals surface area contributed by atoms with E-state index in [2.05, 4.69) is 35.3 Å². The Bertz CT molecular complexity index is 579. The van der Waals surface area contributed by atoms with Crippen molar-refractivity contribution in [3.63, 3.8) is 0 Å². The fourth-order valence-corrected chi connectivity index (χ4v) is 2.45. The Morgan fingerprint density at radius 2 is 2.18 bits per heavy atom. The van der Waals surface area contributed by atoms with Crippen LogP contribution in [0.5, 0.6) is 0 Å². The van der Waals surface area contributed by atoms with E-state index < -0.39 is 0 Å². The monoisotopic (exact) mass is 301 g/mol. The zero-order valence-corrected chi connectivity index (χ0v) is 12.3. The maximum absolute atomic E-state index is 11.9. The Hall–Kier alpha value is -2.48. The third-order valence-electron chi connectivity index (χ3n) is 3.67. The van der Waals surface area contributed by atoms with Crippen LogP contribution in [-0.2, 0) is 4.79 Å². The Morgan fingerprint density at radius 3 is 2.86 bits per heavy atom. The highest BCUT2D eigenvalue weighted by Crippen LogP contribution is 2.10. The van der Waals surface area contributed by atoms with Gasteiger partial charge >= 0.3 is 0 Å². The molecule has 2 N–H and O–H groups in total. The zero-order chi connectivity index (χ0) is 15.2. The van der Waals surface area contributed by atoms with E-state index in [4.69, 9.17) is 0 Å². The normalized spacial score (nSPS) is 15.7. The molecule has 1 aliphatic heterocycles. The number of aromatic amines is 1. The van der Waals surface area contributed by atoms with Gasteiger partial charge in [-0.05, 0) is 12.1 Å². The molecule has 116 valence electrons. The second kappa shape index (κ2) is 6.99. The van der Waals surface area contributed by atoms with Gasteiger partial charge in [-0.3, -0.25) is 14.7 Å².